The van der Waals surface area contributed by atoms with Crippen LogP contribution < -0.4 is 4.74 Å². The number of carbonyl (C=O) groups is 1. The summed E-state index contributed by atoms with van der Waals surface area (Å²) in [6.45, 7) is 5.75. The summed E-state index contributed by atoms with van der Waals surface area (Å²) in [4.78, 5) is 18.7. The zero-order valence-electron chi connectivity index (χ0n) is 12.3. The van der Waals surface area contributed by atoms with Crippen molar-refractivity contribution in [3.05, 3.63) is 34.6 Å². The summed E-state index contributed by atoms with van der Waals surface area (Å²) in [6.07, 6.45) is 0. The van der Waals surface area contributed by atoms with Crippen molar-refractivity contribution < 1.29 is 14.6 Å². The molecule has 1 aromatic carbocycles. The second-order valence-electron chi connectivity index (χ2n) is 5.68. The lowest BCUT2D eigenvalue weighted by Gasteiger charge is -2.16. The lowest BCUT2D eigenvalue weighted by molar-refractivity contribution is 0.0688. The molecule has 2 N–H and O–H groups in total. The van der Waals surface area contributed by atoms with Gasteiger partial charge in [-0.15, -0.1) is 0 Å². The molecule has 21 heavy (non-hydrogen) atoms. The van der Waals surface area contributed by atoms with Gasteiger partial charge in [0.2, 0.25) is 0 Å². The zero-order chi connectivity index (χ0) is 15.8. The Hall–Kier alpha value is -2.01. The second-order valence-corrected chi connectivity index (χ2v) is 6.09. The summed E-state index contributed by atoms with van der Waals surface area (Å²) in [7, 11) is 1.53. The van der Waals surface area contributed by atoms with Crippen molar-refractivity contribution in [3.8, 4) is 17.1 Å². The number of aromatic carboxylic acids is 1. The molecule has 0 atom stereocenters. The van der Waals surface area contributed by atoms with E-state index in [9.17, 15) is 9.90 Å². The Morgan fingerprint density at radius 3 is 2.52 bits per heavy atom. The lowest BCUT2D eigenvalue weighted by Crippen LogP contribution is -2.16. The van der Waals surface area contributed by atoms with Gasteiger partial charge in [-0.1, -0.05) is 38.4 Å². The summed E-state index contributed by atoms with van der Waals surface area (Å²) in [5.41, 5.74) is 0.721. The topological polar surface area (TPSA) is 75.2 Å². The Balaban J connectivity index is 2.70. The average Bonchev–Trinajstić information content (AvgIpc) is 2.83. The molecule has 0 aliphatic rings. The lowest BCUT2D eigenvalue weighted by atomic mass is 9.91. The number of imidazole rings is 1. The molecule has 0 radical (unpaired) electrons. The zero-order valence-corrected chi connectivity index (χ0v) is 13.1. The van der Waals surface area contributed by atoms with Gasteiger partial charge in [-0.3, -0.25) is 0 Å². The van der Waals surface area contributed by atoms with Gasteiger partial charge in [0.25, 0.3) is 0 Å². The number of hydrogen-bond donors (Lipinski definition) is 2. The van der Waals surface area contributed by atoms with Crippen molar-refractivity contribution in [2.75, 3.05) is 7.11 Å². The van der Waals surface area contributed by atoms with Crippen LogP contribution in [-0.2, 0) is 5.41 Å². The van der Waals surface area contributed by atoms with Crippen molar-refractivity contribution in [2.24, 2.45) is 0 Å². The predicted octanol–water partition coefficient (Wildman–Crippen LogP) is 3.73. The largest absolute Gasteiger partial charge is 0.496 e. The Kier molecular flexibility index (Phi) is 3.96. The number of rotatable bonds is 3. The van der Waals surface area contributed by atoms with Gasteiger partial charge in [-0.05, 0) is 12.1 Å². The van der Waals surface area contributed by atoms with Crippen molar-refractivity contribution in [1.29, 1.82) is 0 Å². The third kappa shape index (κ3) is 2.88. The Morgan fingerprint density at radius 2 is 2.05 bits per heavy atom. The number of halogens is 1. The van der Waals surface area contributed by atoms with E-state index in [1.165, 1.54) is 7.11 Å². The highest BCUT2D eigenvalue weighted by Crippen LogP contribution is 2.36. The first-order chi connectivity index (χ1) is 9.75. The second kappa shape index (κ2) is 5.41. The molecule has 0 saturated carbocycles. The van der Waals surface area contributed by atoms with E-state index in [2.05, 4.69) is 9.97 Å². The fourth-order valence-electron chi connectivity index (χ4n) is 2.09. The van der Waals surface area contributed by atoms with E-state index in [-0.39, 0.29) is 11.1 Å². The first-order valence-corrected chi connectivity index (χ1v) is 6.80. The van der Waals surface area contributed by atoms with Crippen LogP contribution in [-0.4, -0.2) is 28.2 Å². The number of carboxylic acids is 1. The van der Waals surface area contributed by atoms with Gasteiger partial charge in [0.15, 0.2) is 5.69 Å². The Bertz CT molecular complexity index is 687. The fraction of sp³-hybridized carbons (Fsp3) is 0.333. The molecule has 0 bridgehead atoms. The summed E-state index contributed by atoms with van der Waals surface area (Å²) >= 11 is 6.21. The summed E-state index contributed by atoms with van der Waals surface area (Å²) in [5, 5.41) is 9.78. The van der Waals surface area contributed by atoms with Gasteiger partial charge >= 0.3 is 5.97 Å². The van der Waals surface area contributed by atoms with Crippen LogP contribution >= 0.6 is 11.6 Å². The maximum atomic E-state index is 11.4. The Morgan fingerprint density at radius 1 is 1.38 bits per heavy atom. The number of ether oxygens (including phenoxy) is 1. The van der Waals surface area contributed by atoms with Gasteiger partial charge in [-0.2, -0.15) is 0 Å². The number of nitrogens with zero attached hydrogens (tertiary/aromatic N) is 1. The average molecular weight is 309 g/mol. The molecular weight excluding hydrogens is 292 g/mol. The molecule has 0 amide bonds. The number of carboxylic acid groups (broad SMARTS) is 1. The van der Waals surface area contributed by atoms with Crippen LogP contribution in [0.5, 0.6) is 5.75 Å². The quantitative estimate of drug-likeness (QED) is 0.906. The molecule has 1 heterocycles. The van der Waals surface area contributed by atoms with E-state index >= 15 is 0 Å². The van der Waals surface area contributed by atoms with Crippen molar-refractivity contribution in [3.63, 3.8) is 0 Å². The number of aromatic amines is 1. The molecule has 5 nitrogen and oxygen atoms in total. The third-order valence-corrected chi connectivity index (χ3v) is 3.40. The van der Waals surface area contributed by atoms with E-state index < -0.39 is 5.97 Å². The van der Waals surface area contributed by atoms with Crippen molar-refractivity contribution in [2.45, 2.75) is 26.2 Å². The van der Waals surface area contributed by atoms with Crippen LogP contribution in [0.25, 0.3) is 11.4 Å². The number of benzene rings is 1. The minimum atomic E-state index is -1.08. The van der Waals surface area contributed by atoms with Gasteiger partial charge in [0, 0.05) is 5.41 Å². The van der Waals surface area contributed by atoms with Crippen LogP contribution in [0.2, 0.25) is 5.02 Å². The van der Waals surface area contributed by atoms with E-state index in [0.717, 1.165) is 0 Å². The maximum Gasteiger partial charge on any atom is 0.356 e. The minimum Gasteiger partial charge on any atom is -0.496 e. The van der Waals surface area contributed by atoms with E-state index in [4.69, 9.17) is 16.3 Å². The standard InChI is InChI=1S/C15H17ClN2O3/c1-15(2,3)12-11(14(19)20)17-13(18-12)10-8(16)6-5-7-9(10)21-4/h5-7H,1-4H3,(H,17,18)(H,19,20). The molecule has 0 unspecified atom stereocenters. The van der Waals surface area contributed by atoms with Crippen LogP contribution in [0.3, 0.4) is 0 Å². The normalized spacial score (nSPS) is 11.5. The molecule has 0 aliphatic carbocycles. The number of hydrogen-bond acceptors (Lipinski definition) is 3. The molecule has 2 aromatic rings. The molecule has 0 spiro atoms. The van der Waals surface area contributed by atoms with Gasteiger partial charge in [-0.25, -0.2) is 9.78 Å². The number of H-pyrrole nitrogens is 1. The monoisotopic (exact) mass is 308 g/mol. The molecule has 1 aromatic heterocycles. The molecular formula is C15H17ClN2O3. The third-order valence-electron chi connectivity index (χ3n) is 3.09. The molecule has 0 fully saturated rings. The van der Waals surface area contributed by atoms with Crippen molar-refractivity contribution >= 4 is 17.6 Å². The van der Waals surface area contributed by atoms with Gasteiger partial charge in [0.05, 0.1) is 23.4 Å². The highest BCUT2D eigenvalue weighted by Gasteiger charge is 2.28. The van der Waals surface area contributed by atoms with Crippen LogP contribution in [0.1, 0.15) is 37.0 Å². The van der Waals surface area contributed by atoms with Gasteiger partial charge in [0.1, 0.15) is 11.6 Å². The maximum absolute atomic E-state index is 11.4. The first kappa shape index (κ1) is 15.4. The van der Waals surface area contributed by atoms with Crippen LogP contribution in [0.4, 0.5) is 0 Å². The highest BCUT2D eigenvalue weighted by molar-refractivity contribution is 6.33. The predicted molar refractivity (Wildman–Crippen MR) is 81.2 cm³/mol. The van der Waals surface area contributed by atoms with Gasteiger partial charge < -0.3 is 14.8 Å². The Labute approximate surface area is 127 Å². The SMILES string of the molecule is COc1cccc(Cl)c1-c1nc(C(=O)O)c(C(C)(C)C)[nH]1. The molecule has 0 aliphatic heterocycles. The highest BCUT2D eigenvalue weighted by atomic mass is 35.5. The van der Waals surface area contributed by atoms with E-state index in [0.29, 0.717) is 27.9 Å². The number of nitrogens with one attached hydrogen (secondary N) is 1. The summed E-state index contributed by atoms with van der Waals surface area (Å²) in [6, 6.07) is 5.22. The van der Waals surface area contributed by atoms with Crippen LogP contribution in [0.15, 0.2) is 18.2 Å². The molecule has 0 saturated heterocycles. The van der Waals surface area contributed by atoms with E-state index in [1.54, 1.807) is 18.2 Å². The number of methoxy groups -OCH3 is 1. The fourth-order valence-corrected chi connectivity index (χ4v) is 2.35. The number of aromatic nitrogens is 2. The molecule has 6 heteroatoms. The smallest absolute Gasteiger partial charge is 0.356 e. The molecule has 112 valence electrons. The summed E-state index contributed by atoms with van der Waals surface area (Å²) < 4.78 is 5.28. The molecule has 2 rings (SSSR count). The van der Waals surface area contributed by atoms with Crippen LogP contribution in [0, 0.1) is 0 Å². The van der Waals surface area contributed by atoms with Crippen molar-refractivity contribution in [1.82, 2.24) is 9.97 Å². The van der Waals surface area contributed by atoms with E-state index in [1.807, 2.05) is 20.8 Å². The first-order valence-electron chi connectivity index (χ1n) is 6.42. The summed E-state index contributed by atoms with van der Waals surface area (Å²) in [5.74, 6) is -0.151. The minimum absolute atomic E-state index is 0.000488.